The van der Waals surface area contributed by atoms with Crippen LogP contribution in [0.25, 0.3) is 0 Å². The predicted molar refractivity (Wildman–Crippen MR) is 115 cm³/mol. The van der Waals surface area contributed by atoms with E-state index in [2.05, 4.69) is 37.3 Å². The Morgan fingerprint density at radius 2 is 1.83 bits per heavy atom. The van der Waals surface area contributed by atoms with Gasteiger partial charge in [-0.05, 0) is 67.0 Å². The highest BCUT2D eigenvalue weighted by atomic mass is 16.5. The fraction of sp³-hybridized carbons (Fsp3) is 0.520. The summed E-state index contributed by atoms with van der Waals surface area (Å²) in [5, 5.41) is 29.2. The highest BCUT2D eigenvalue weighted by Crippen LogP contribution is 2.36. The third-order valence-electron chi connectivity index (χ3n) is 6.53. The van der Waals surface area contributed by atoms with E-state index in [1.165, 1.54) is 16.7 Å². The molecule has 1 aliphatic carbocycles. The molecule has 1 saturated heterocycles. The van der Waals surface area contributed by atoms with Crippen molar-refractivity contribution in [3.63, 3.8) is 0 Å². The number of hydrogen-bond acceptors (Lipinski definition) is 5. The summed E-state index contributed by atoms with van der Waals surface area (Å²) in [5.41, 5.74) is 4.28. The Hall–Kier alpha value is -1.92. The average Bonchev–Trinajstić information content (AvgIpc) is 2.73. The van der Waals surface area contributed by atoms with E-state index in [1.54, 1.807) is 0 Å². The number of aliphatic hydroxyl groups is 3. The Morgan fingerprint density at radius 1 is 1.07 bits per heavy atom. The van der Waals surface area contributed by atoms with Crippen LogP contribution in [0, 0.1) is 6.92 Å². The summed E-state index contributed by atoms with van der Waals surface area (Å²) in [4.78, 5) is 0. The molecular formula is C25H32O5. The molecule has 3 atom stereocenters. The molecule has 5 nitrogen and oxygen atoms in total. The average molecular weight is 413 g/mol. The first-order chi connectivity index (χ1) is 14.5. The molecule has 4 rings (SSSR count). The lowest BCUT2D eigenvalue weighted by atomic mass is 9.80. The molecule has 0 radical (unpaired) electrons. The van der Waals surface area contributed by atoms with Gasteiger partial charge >= 0.3 is 0 Å². The molecule has 30 heavy (non-hydrogen) atoms. The van der Waals surface area contributed by atoms with E-state index in [0.717, 1.165) is 37.0 Å². The number of aliphatic hydroxyl groups excluding tert-OH is 3. The van der Waals surface area contributed by atoms with Gasteiger partial charge in [0.1, 0.15) is 11.4 Å². The lowest BCUT2D eigenvalue weighted by Crippen LogP contribution is -2.46. The third kappa shape index (κ3) is 4.70. The van der Waals surface area contributed by atoms with Crippen LogP contribution >= 0.6 is 0 Å². The van der Waals surface area contributed by atoms with E-state index in [0.29, 0.717) is 12.8 Å². The van der Waals surface area contributed by atoms with Crippen molar-refractivity contribution in [1.29, 1.82) is 0 Å². The van der Waals surface area contributed by atoms with Gasteiger partial charge in [0.25, 0.3) is 0 Å². The molecule has 0 aromatic heterocycles. The van der Waals surface area contributed by atoms with Crippen LogP contribution in [-0.4, -0.2) is 46.3 Å². The minimum atomic E-state index is -0.448. The molecule has 2 fully saturated rings. The van der Waals surface area contributed by atoms with E-state index < -0.39 is 6.10 Å². The van der Waals surface area contributed by atoms with Crippen LogP contribution < -0.4 is 4.74 Å². The minimum Gasteiger partial charge on any atom is -0.485 e. The maximum atomic E-state index is 10.1. The summed E-state index contributed by atoms with van der Waals surface area (Å²) in [6, 6.07) is 14.4. The Balaban J connectivity index is 1.46. The summed E-state index contributed by atoms with van der Waals surface area (Å²) in [6.45, 7) is 2.10. The second kappa shape index (κ2) is 9.06. The van der Waals surface area contributed by atoms with Crippen molar-refractivity contribution in [2.24, 2.45) is 0 Å². The van der Waals surface area contributed by atoms with Crippen molar-refractivity contribution in [3.05, 3.63) is 64.7 Å². The van der Waals surface area contributed by atoms with E-state index in [9.17, 15) is 15.3 Å². The molecule has 162 valence electrons. The largest absolute Gasteiger partial charge is 0.485 e. The first kappa shape index (κ1) is 21.3. The van der Waals surface area contributed by atoms with Crippen LogP contribution in [-0.2, 0) is 11.2 Å². The maximum Gasteiger partial charge on any atom is 0.132 e. The van der Waals surface area contributed by atoms with Crippen LogP contribution in [0.3, 0.4) is 0 Å². The van der Waals surface area contributed by atoms with Crippen molar-refractivity contribution in [1.82, 2.24) is 0 Å². The first-order valence-electron chi connectivity index (χ1n) is 10.9. The molecule has 2 aromatic rings. The SMILES string of the molecule is Cc1ccc([C@H]2CC(O)C[C@@H](CO)O2)cc1Cc1ccc(OC2(CO)CCC2)cc1. The fourth-order valence-electron chi connectivity index (χ4n) is 4.41. The monoisotopic (exact) mass is 412 g/mol. The van der Waals surface area contributed by atoms with E-state index >= 15 is 0 Å². The van der Waals surface area contributed by atoms with Gasteiger partial charge in [-0.2, -0.15) is 0 Å². The van der Waals surface area contributed by atoms with E-state index in [4.69, 9.17) is 9.47 Å². The molecule has 2 aliphatic rings. The summed E-state index contributed by atoms with van der Waals surface area (Å²) in [7, 11) is 0. The molecule has 5 heteroatoms. The van der Waals surface area contributed by atoms with Crippen LogP contribution in [0.5, 0.6) is 5.75 Å². The van der Waals surface area contributed by atoms with Crippen molar-refractivity contribution >= 4 is 0 Å². The normalized spacial score (nSPS) is 25.5. The zero-order chi connectivity index (χ0) is 21.1. The summed E-state index contributed by atoms with van der Waals surface area (Å²) in [5.74, 6) is 0.803. The molecule has 0 spiro atoms. The topological polar surface area (TPSA) is 79.2 Å². The standard InChI is InChI=1S/C25H32O5/c1-17-3-6-19(24-14-21(28)13-23(15-26)29-24)12-20(17)11-18-4-7-22(8-5-18)30-25(16-27)9-2-10-25/h3-8,12,21,23-24,26-28H,2,9-11,13-16H2,1H3/t21?,23-,24+/m0/s1. The van der Waals surface area contributed by atoms with Gasteiger partial charge in [0, 0.05) is 12.8 Å². The lowest BCUT2D eigenvalue weighted by molar-refractivity contribution is -0.113. The van der Waals surface area contributed by atoms with Gasteiger partial charge in [0.2, 0.25) is 0 Å². The third-order valence-corrected chi connectivity index (χ3v) is 6.53. The Morgan fingerprint density at radius 3 is 2.47 bits per heavy atom. The molecule has 1 unspecified atom stereocenters. The van der Waals surface area contributed by atoms with Gasteiger partial charge in [-0.15, -0.1) is 0 Å². The van der Waals surface area contributed by atoms with Crippen molar-refractivity contribution in [3.8, 4) is 5.75 Å². The maximum absolute atomic E-state index is 10.1. The summed E-state index contributed by atoms with van der Waals surface area (Å²) >= 11 is 0. The molecule has 1 aliphatic heterocycles. The Kier molecular flexibility index (Phi) is 6.44. The summed E-state index contributed by atoms with van der Waals surface area (Å²) < 4.78 is 12.0. The molecule has 3 N–H and O–H groups in total. The van der Waals surface area contributed by atoms with Crippen molar-refractivity contribution in [2.45, 2.75) is 69.4 Å². The summed E-state index contributed by atoms with van der Waals surface area (Å²) in [6.07, 6.45) is 3.80. The number of aryl methyl sites for hydroxylation is 1. The molecule has 1 heterocycles. The van der Waals surface area contributed by atoms with Gasteiger partial charge in [-0.25, -0.2) is 0 Å². The van der Waals surface area contributed by atoms with Crippen molar-refractivity contribution in [2.75, 3.05) is 13.2 Å². The molecular weight excluding hydrogens is 380 g/mol. The minimum absolute atomic E-state index is 0.0653. The zero-order valence-corrected chi connectivity index (χ0v) is 17.6. The van der Waals surface area contributed by atoms with Gasteiger partial charge in [-0.3, -0.25) is 0 Å². The molecule has 2 aromatic carbocycles. The molecule has 0 bridgehead atoms. The predicted octanol–water partition coefficient (Wildman–Crippen LogP) is 3.45. The van der Waals surface area contributed by atoms with Crippen LogP contribution in [0.2, 0.25) is 0 Å². The van der Waals surface area contributed by atoms with Gasteiger partial charge in [-0.1, -0.05) is 30.3 Å². The number of rotatable bonds is 7. The quantitative estimate of drug-likeness (QED) is 0.649. The van der Waals surface area contributed by atoms with Crippen LogP contribution in [0.4, 0.5) is 0 Å². The van der Waals surface area contributed by atoms with Gasteiger partial charge in [0.05, 0.1) is 31.5 Å². The fourth-order valence-corrected chi connectivity index (χ4v) is 4.41. The smallest absolute Gasteiger partial charge is 0.132 e. The van der Waals surface area contributed by atoms with Crippen molar-refractivity contribution < 1.29 is 24.8 Å². The second-order valence-corrected chi connectivity index (χ2v) is 8.86. The van der Waals surface area contributed by atoms with Gasteiger partial charge in [0.15, 0.2) is 0 Å². The van der Waals surface area contributed by atoms with E-state index in [-0.39, 0.29) is 31.0 Å². The second-order valence-electron chi connectivity index (χ2n) is 8.86. The van der Waals surface area contributed by atoms with E-state index in [1.807, 2.05) is 12.1 Å². The molecule has 0 amide bonds. The first-order valence-corrected chi connectivity index (χ1v) is 10.9. The highest BCUT2D eigenvalue weighted by molar-refractivity contribution is 5.38. The number of benzene rings is 2. The number of ether oxygens (including phenoxy) is 2. The zero-order valence-electron chi connectivity index (χ0n) is 17.6. The van der Waals surface area contributed by atoms with Gasteiger partial charge < -0.3 is 24.8 Å². The van der Waals surface area contributed by atoms with Crippen LogP contribution in [0.1, 0.15) is 60.5 Å². The Labute approximate surface area is 178 Å². The highest BCUT2D eigenvalue weighted by Gasteiger charge is 2.38. The Bertz CT molecular complexity index is 838. The lowest BCUT2D eigenvalue weighted by Gasteiger charge is -2.40. The van der Waals surface area contributed by atoms with Crippen LogP contribution in [0.15, 0.2) is 42.5 Å². The number of hydrogen-bond donors (Lipinski definition) is 3. The molecule has 1 saturated carbocycles.